The van der Waals surface area contributed by atoms with Crippen molar-refractivity contribution in [2.24, 2.45) is 0 Å². The van der Waals surface area contributed by atoms with Crippen LogP contribution in [0, 0.1) is 0 Å². The van der Waals surface area contributed by atoms with Gasteiger partial charge in [-0.2, -0.15) is 0 Å². The van der Waals surface area contributed by atoms with E-state index in [0.29, 0.717) is 12.6 Å². The largest absolute Gasteiger partial charge is 2.00 e. The first kappa shape index (κ1) is 23.7. The Morgan fingerprint density at radius 1 is 0.792 bits per heavy atom. The number of carbonyl (C=O) groups excluding carboxylic acids is 2. The molecule has 24 heavy (non-hydrogen) atoms. The first-order chi connectivity index (χ1) is 10.6. The number of hydrogen-bond donors (Lipinski definition) is 0. The van der Waals surface area contributed by atoms with Crippen LogP contribution in [0.2, 0.25) is 0 Å². The predicted octanol–water partition coefficient (Wildman–Crippen LogP) is 0.335. The third-order valence-corrected chi connectivity index (χ3v) is 2.71. The second-order valence-corrected chi connectivity index (χ2v) is 3.99. The first-order valence-electron chi connectivity index (χ1n) is 6.17. The Morgan fingerprint density at radius 2 is 1.12 bits per heavy atom. The summed E-state index contributed by atoms with van der Waals surface area (Å²) in [6.45, 7) is 0. The normalized spacial score (nSPS) is 8.42. The van der Waals surface area contributed by atoms with Crippen LogP contribution in [0.25, 0.3) is 0 Å². The van der Waals surface area contributed by atoms with E-state index in [1.807, 2.05) is 0 Å². The fourth-order valence-electron chi connectivity index (χ4n) is 1.57. The molecule has 0 atom stereocenters. The van der Waals surface area contributed by atoms with E-state index >= 15 is 0 Å². The minimum Gasteiger partial charge on any atom is -0.869 e. The van der Waals surface area contributed by atoms with Crippen LogP contribution in [-0.4, -0.2) is 32.3 Å². The molecule has 0 bridgehead atoms. The van der Waals surface area contributed by atoms with Gasteiger partial charge in [-0.1, -0.05) is 35.8 Å². The number of para-hydroxylation sites is 2. The van der Waals surface area contributed by atoms with E-state index in [1.54, 1.807) is 12.1 Å². The third-order valence-electron chi connectivity index (χ3n) is 2.71. The Hall–Kier alpha value is -2.57. The maximum atomic E-state index is 11.1. The number of carbonyl (C=O) groups is 2. The van der Waals surface area contributed by atoms with Crippen molar-refractivity contribution in [1.82, 2.24) is 0 Å². The molecule has 0 saturated carbocycles. The SMILES string of the molecule is COc1cccc(C=O)c1[O-].COc1cccc(C=O)c1[O-].O.[Ni+2]. The summed E-state index contributed by atoms with van der Waals surface area (Å²) in [4.78, 5) is 20.5. The van der Waals surface area contributed by atoms with E-state index in [2.05, 4.69) is 0 Å². The van der Waals surface area contributed by atoms with Crippen molar-refractivity contribution in [3.05, 3.63) is 47.5 Å². The van der Waals surface area contributed by atoms with Gasteiger partial charge in [0.1, 0.15) is 24.1 Å². The van der Waals surface area contributed by atoms with Crippen LogP contribution >= 0.6 is 0 Å². The molecule has 0 radical (unpaired) electrons. The molecule has 0 aromatic heterocycles. The molecule has 2 rings (SSSR count). The summed E-state index contributed by atoms with van der Waals surface area (Å²) < 4.78 is 9.43. The van der Waals surface area contributed by atoms with E-state index in [-0.39, 0.29) is 56.1 Å². The second kappa shape index (κ2) is 11.9. The number of aldehydes is 2. The average molecular weight is 379 g/mol. The van der Waals surface area contributed by atoms with Crippen LogP contribution in [0.5, 0.6) is 23.0 Å². The van der Waals surface area contributed by atoms with Crippen LogP contribution in [0.1, 0.15) is 20.7 Å². The van der Waals surface area contributed by atoms with Crippen LogP contribution in [-0.2, 0) is 16.5 Å². The minimum atomic E-state index is -0.356. The smallest absolute Gasteiger partial charge is 0.869 e. The molecule has 7 nitrogen and oxygen atoms in total. The van der Waals surface area contributed by atoms with Crippen molar-refractivity contribution < 1.29 is 51.2 Å². The zero-order valence-corrected chi connectivity index (χ0v) is 13.9. The molecule has 8 heteroatoms. The second-order valence-electron chi connectivity index (χ2n) is 3.99. The van der Waals surface area contributed by atoms with E-state index in [1.165, 1.54) is 38.5 Å². The van der Waals surface area contributed by atoms with Crippen molar-refractivity contribution in [1.29, 1.82) is 0 Å². The summed E-state index contributed by atoms with van der Waals surface area (Å²) in [5.74, 6) is -0.306. The van der Waals surface area contributed by atoms with E-state index in [9.17, 15) is 19.8 Å². The summed E-state index contributed by atoms with van der Waals surface area (Å²) in [6, 6.07) is 9.16. The predicted molar refractivity (Wildman–Crippen MR) is 79.3 cm³/mol. The molecule has 2 aromatic rings. The molecule has 0 unspecified atom stereocenters. The van der Waals surface area contributed by atoms with Crippen LogP contribution in [0.3, 0.4) is 0 Å². The van der Waals surface area contributed by atoms with Crippen molar-refractivity contribution in [3.8, 4) is 23.0 Å². The third kappa shape index (κ3) is 5.91. The maximum absolute atomic E-state index is 11.1. The Labute approximate surface area is 149 Å². The van der Waals surface area contributed by atoms with Gasteiger partial charge in [0.15, 0.2) is 0 Å². The van der Waals surface area contributed by atoms with Gasteiger partial charge in [0.2, 0.25) is 0 Å². The first-order valence-corrected chi connectivity index (χ1v) is 6.17. The fourth-order valence-corrected chi connectivity index (χ4v) is 1.57. The number of hydrogen-bond acceptors (Lipinski definition) is 6. The van der Waals surface area contributed by atoms with Gasteiger partial charge in [-0.15, -0.1) is 0 Å². The fraction of sp³-hybridized carbons (Fsp3) is 0.125. The summed E-state index contributed by atoms with van der Waals surface area (Å²) in [5.41, 5.74) is 0.258. The van der Waals surface area contributed by atoms with Gasteiger partial charge in [0.25, 0.3) is 0 Å². The number of rotatable bonds is 4. The Bertz CT molecular complexity index is 601. The molecule has 0 spiro atoms. The minimum absolute atomic E-state index is 0. The van der Waals surface area contributed by atoms with Gasteiger partial charge in [-0.3, -0.25) is 9.59 Å². The maximum Gasteiger partial charge on any atom is 2.00 e. The molecule has 2 aromatic carbocycles. The van der Waals surface area contributed by atoms with Gasteiger partial charge in [0, 0.05) is 11.1 Å². The molecule has 0 aliphatic heterocycles. The number of benzene rings is 2. The quantitative estimate of drug-likeness (QED) is 0.556. The van der Waals surface area contributed by atoms with Gasteiger partial charge < -0.3 is 25.2 Å². The molecule has 0 aliphatic rings. The summed E-state index contributed by atoms with van der Waals surface area (Å²) in [6.07, 6.45) is 1.04. The zero-order valence-electron chi connectivity index (χ0n) is 12.9. The van der Waals surface area contributed by atoms with Crippen molar-refractivity contribution >= 4 is 12.6 Å². The summed E-state index contributed by atoms with van der Waals surface area (Å²) in [7, 11) is 2.79. The van der Waals surface area contributed by atoms with E-state index in [4.69, 9.17) is 9.47 Å². The van der Waals surface area contributed by atoms with E-state index < -0.39 is 0 Å². The number of methoxy groups -OCH3 is 2. The Kier molecular flexibility index (Phi) is 11.8. The Balaban J connectivity index is 0. The number of ether oxygens (including phenoxy) is 2. The van der Waals surface area contributed by atoms with Crippen molar-refractivity contribution in [2.75, 3.05) is 14.2 Å². The molecule has 0 fully saturated rings. The molecule has 132 valence electrons. The zero-order chi connectivity index (χ0) is 16.5. The standard InChI is InChI=1S/2C8H8O3.Ni.H2O/c2*1-11-7-4-2-3-6(5-9)8(7)10;;/h2*2-5,10H,1H3;;1H2/q;;+2;/p-2. The topological polar surface area (TPSA) is 130 Å². The molecule has 0 heterocycles. The van der Waals surface area contributed by atoms with Gasteiger partial charge in [0.05, 0.1) is 14.2 Å². The van der Waals surface area contributed by atoms with Gasteiger partial charge in [-0.05, 0) is 12.1 Å². The van der Waals surface area contributed by atoms with Crippen molar-refractivity contribution in [2.45, 2.75) is 0 Å². The molecular formula is C16H16NiO7. The molecule has 0 saturated heterocycles. The van der Waals surface area contributed by atoms with Crippen molar-refractivity contribution in [3.63, 3.8) is 0 Å². The summed E-state index contributed by atoms with van der Waals surface area (Å²) in [5, 5.41) is 22.1. The van der Waals surface area contributed by atoms with Gasteiger partial charge >= 0.3 is 16.5 Å². The van der Waals surface area contributed by atoms with Crippen LogP contribution in [0.15, 0.2) is 36.4 Å². The average Bonchev–Trinajstić information content (AvgIpc) is 2.56. The van der Waals surface area contributed by atoms with Crippen LogP contribution < -0.4 is 19.7 Å². The molecule has 0 aliphatic carbocycles. The molecular weight excluding hydrogens is 363 g/mol. The van der Waals surface area contributed by atoms with Crippen LogP contribution in [0.4, 0.5) is 0 Å². The monoisotopic (exact) mass is 378 g/mol. The molecule has 0 amide bonds. The summed E-state index contributed by atoms with van der Waals surface area (Å²) >= 11 is 0. The van der Waals surface area contributed by atoms with E-state index in [0.717, 1.165) is 0 Å². The van der Waals surface area contributed by atoms with Gasteiger partial charge in [-0.25, -0.2) is 0 Å². The Morgan fingerprint density at radius 3 is 1.38 bits per heavy atom. The molecule has 2 N–H and O–H groups in total.